The molecule has 1 aliphatic rings. The van der Waals surface area contributed by atoms with Crippen LogP contribution in [0.3, 0.4) is 0 Å². The van der Waals surface area contributed by atoms with Crippen LogP contribution in [0.25, 0.3) is 11.1 Å². The van der Waals surface area contributed by atoms with Gasteiger partial charge >= 0.3 is 0 Å². The van der Waals surface area contributed by atoms with E-state index in [4.69, 9.17) is 9.47 Å². The van der Waals surface area contributed by atoms with E-state index in [1.54, 1.807) is 14.2 Å². The normalized spacial score (nSPS) is 14.0. The maximum Gasteiger partial charge on any atom is 0.164 e. The van der Waals surface area contributed by atoms with Gasteiger partial charge < -0.3 is 9.47 Å². The van der Waals surface area contributed by atoms with Gasteiger partial charge in [-0.2, -0.15) is 0 Å². The van der Waals surface area contributed by atoms with Crippen molar-refractivity contribution in [3.05, 3.63) is 47.5 Å². The minimum absolute atomic E-state index is 0.628. The molecule has 0 aliphatic heterocycles. The van der Waals surface area contributed by atoms with Crippen molar-refractivity contribution in [3.63, 3.8) is 0 Å². The summed E-state index contributed by atoms with van der Waals surface area (Å²) in [5.74, 6) is 2.36. The van der Waals surface area contributed by atoms with Crippen molar-refractivity contribution >= 4 is 0 Å². The van der Waals surface area contributed by atoms with Crippen LogP contribution in [-0.4, -0.2) is 14.2 Å². The summed E-state index contributed by atoms with van der Waals surface area (Å²) in [6.07, 6.45) is 3.55. The largest absolute Gasteiger partial charge is 0.493 e. The van der Waals surface area contributed by atoms with E-state index in [0.717, 1.165) is 17.9 Å². The molecule has 0 aromatic heterocycles. The van der Waals surface area contributed by atoms with E-state index in [2.05, 4.69) is 43.3 Å². The lowest BCUT2D eigenvalue weighted by Crippen LogP contribution is -1.96. The molecule has 0 unspecified atom stereocenters. The molecule has 1 fully saturated rings. The number of ether oxygens (including phenoxy) is 2. The molecule has 110 valence electrons. The van der Waals surface area contributed by atoms with Crippen molar-refractivity contribution in [1.29, 1.82) is 0 Å². The second-order valence-corrected chi connectivity index (χ2v) is 5.63. The Hall–Kier alpha value is -1.96. The van der Waals surface area contributed by atoms with Crippen LogP contribution in [0.15, 0.2) is 36.4 Å². The van der Waals surface area contributed by atoms with Gasteiger partial charge in [0.05, 0.1) is 14.2 Å². The standard InChI is InChI=1S/C19H22O2/c1-4-13-6-5-7-15(10-13)16-11-17(14-8-9-14)19(21-3)18(12-16)20-2/h5-7,10-12,14H,4,8-9H2,1-3H3. The maximum absolute atomic E-state index is 5.58. The van der Waals surface area contributed by atoms with Gasteiger partial charge in [0.2, 0.25) is 0 Å². The minimum atomic E-state index is 0.628. The van der Waals surface area contributed by atoms with Crippen LogP contribution < -0.4 is 9.47 Å². The molecule has 0 radical (unpaired) electrons. The van der Waals surface area contributed by atoms with Crippen LogP contribution in [0.2, 0.25) is 0 Å². The molecular formula is C19H22O2. The zero-order valence-corrected chi connectivity index (χ0v) is 13.0. The smallest absolute Gasteiger partial charge is 0.164 e. The second-order valence-electron chi connectivity index (χ2n) is 5.63. The Bertz CT molecular complexity index is 642. The molecule has 21 heavy (non-hydrogen) atoms. The number of hydrogen-bond donors (Lipinski definition) is 0. The van der Waals surface area contributed by atoms with Gasteiger partial charge in [0.1, 0.15) is 0 Å². The highest BCUT2D eigenvalue weighted by Gasteiger charge is 2.29. The summed E-state index contributed by atoms with van der Waals surface area (Å²) in [6.45, 7) is 2.18. The van der Waals surface area contributed by atoms with Gasteiger partial charge in [0.15, 0.2) is 11.5 Å². The second kappa shape index (κ2) is 5.80. The van der Waals surface area contributed by atoms with Crippen LogP contribution in [0.4, 0.5) is 0 Å². The third-order valence-electron chi connectivity index (χ3n) is 4.19. The third kappa shape index (κ3) is 2.76. The lowest BCUT2D eigenvalue weighted by Gasteiger charge is -2.15. The summed E-state index contributed by atoms with van der Waals surface area (Å²) < 4.78 is 11.1. The van der Waals surface area contributed by atoms with Crippen molar-refractivity contribution in [1.82, 2.24) is 0 Å². The molecule has 0 amide bonds. The van der Waals surface area contributed by atoms with Crippen molar-refractivity contribution in [2.24, 2.45) is 0 Å². The van der Waals surface area contributed by atoms with Gasteiger partial charge in [0, 0.05) is 5.56 Å². The third-order valence-corrected chi connectivity index (χ3v) is 4.19. The Morgan fingerprint density at radius 2 is 1.81 bits per heavy atom. The first-order valence-corrected chi connectivity index (χ1v) is 7.62. The quantitative estimate of drug-likeness (QED) is 0.783. The van der Waals surface area contributed by atoms with Crippen molar-refractivity contribution in [2.45, 2.75) is 32.1 Å². The number of aryl methyl sites for hydroxylation is 1. The van der Waals surface area contributed by atoms with Gasteiger partial charge in [-0.1, -0.05) is 31.2 Å². The molecule has 2 heteroatoms. The highest BCUT2D eigenvalue weighted by Crippen LogP contribution is 2.49. The van der Waals surface area contributed by atoms with Crippen LogP contribution >= 0.6 is 0 Å². The van der Waals surface area contributed by atoms with Crippen molar-refractivity contribution in [3.8, 4) is 22.6 Å². The zero-order valence-electron chi connectivity index (χ0n) is 13.0. The maximum atomic E-state index is 5.58. The van der Waals surface area contributed by atoms with E-state index >= 15 is 0 Å². The monoisotopic (exact) mass is 282 g/mol. The first kappa shape index (κ1) is 14.0. The molecule has 2 aromatic carbocycles. The topological polar surface area (TPSA) is 18.5 Å². The van der Waals surface area contributed by atoms with E-state index in [-0.39, 0.29) is 0 Å². The Balaban J connectivity index is 2.11. The molecular weight excluding hydrogens is 260 g/mol. The lowest BCUT2D eigenvalue weighted by molar-refractivity contribution is 0.352. The number of hydrogen-bond acceptors (Lipinski definition) is 2. The van der Waals surface area contributed by atoms with Crippen LogP contribution in [0, 0.1) is 0 Å². The van der Waals surface area contributed by atoms with E-state index in [1.165, 1.54) is 35.1 Å². The molecule has 1 saturated carbocycles. The van der Waals surface area contributed by atoms with E-state index in [9.17, 15) is 0 Å². The molecule has 1 aliphatic carbocycles. The molecule has 0 bridgehead atoms. The fraction of sp³-hybridized carbons (Fsp3) is 0.368. The van der Waals surface area contributed by atoms with Crippen LogP contribution in [0.1, 0.15) is 36.8 Å². The fourth-order valence-electron chi connectivity index (χ4n) is 2.83. The summed E-state index contributed by atoms with van der Waals surface area (Å²) in [5.41, 5.74) is 5.10. The van der Waals surface area contributed by atoms with Gasteiger partial charge in [-0.25, -0.2) is 0 Å². The predicted octanol–water partition coefficient (Wildman–Crippen LogP) is 4.81. The Kier molecular flexibility index (Phi) is 3.87. The Labute approximate surface area is 126 Å². The minimum Gasteiger partial charge on any atom is -0.493 e. The van der Waals surface area contributed by atoms with Crippen molar-refractivity contribution < 1.29 is 9.47 Å². The van der Waals surface area contributed by atoms with Gasteiger partial charge in [-0.3, -0.25) is 0 Å². The summed E-state index contributed by atoms with van der Waals surface area (Å²) >= 11 is 0. The Morgan fingerprint density at radius 1 is 1.00 bits per heavy atom. The first-order chi connectivity index (χ1) is 10.3. The number of benzene rings is 2. The summed E-state index contributed by atoms with van der Waals surface area (Å²) in [5, 5.41) is 0. The average molecular weight is 282 g/mol. The van der Waals surface area contributed by atoms with E-state index in [0.29, 0.717) is 5.92 Å². The van der Waals surface area contributed by atoms with Gasteiger partial charge in [0.25, 0.3) is 0 Å². The Morgan fingerprint density at radius 3 is 2.43 bits per heavy atom. The molecule has 0 heterocycles. The SMILES string of the molecule is CCc1cccc(-c2cc(OC)c(OC)c(C3CC3)c2)c1. The zero-order chi connectivity index (χ0) is 14.8. The highest BCUT2D eigenvalue weighted by atomic mass is 16.5. The van der Waals surface area contributed by atoms with Crippen LogP contribution in [0.5, 0.6) is 11.5 Å². The van der Waals surface area contributed by atoms with Crippen molar-refractivity contribution in [2.75, 3.05) is 14.2 Å². The fourth-order valence-corrected chi connectivity index (χ4v) is 2.83. The molecule has 0 N–H and O–H groups in total. The van der Waals surface area contributed by atoms with E-state index in [1.807, 2.05) is 0 Å². The van der Waals surface area contributed by atoms with Gasteiger partial charge in [-0.15, -0.1) is 0 Å². The molecule has 2 aromatic rings. The molecule has 2 nitrogen and oxygen atoms in total. The lowest BCUT2D eigenvalue weighted by atomic mass is 9.97. The molecule has 0 saturated heterocycles. The predicted molar refractivity (Wildman–Crippen MR) is 86.3 cm³/mol. The number of methoxy groups -OCH3 is 2. The summed E-state index contributed by atoms with van der Waals surface area (Å²) in [4.78, 5) is 0. The van der Waals surface area contributed by atoms with Crippen LogP contribution in [-0.2, 0) is 6.42 Å². The number of rotatable bonds is 5. The van der Waals surface area contributed by atoms with E-state index < -0.39 is 0 Å². The molecule has 0 atom stereocenters. The molecule has 3 rings (SSSR count). The summed E-state index contributed by atoms with van der Waals surface area (Å²) in [7, 11) is 3.43. The molecule has 0 spiro atoms. The summed E-state index contributed by atoms with van der Waals surface area (Å²) in [6, 6.07) is 13.1. The van der Waals surface area contributed by atoms with Gasteiger partial charge in [-0.05, 0) is 54.0 Å². The average Bonchev–Trinajstić information content (AvgIpc) is 3.38. The highest BCUT2D eigenvalue weighted by molar-refractivity contribution is 5.70. The first-order valence-electron chi connectivity index (χ1n) is 7.62.